The Morgan fingerprint density at radius 3 is 2.74 bits per heavy atom. The molecule has 0 amide bonds. The first-order valence-corrected chi connectivity index (χ1v) is 6.54. The minimum Gasteiger partial charge on any atom is -0.494 e. The summed E-state index contributed by atoms with van der Waals surface area (Å²) in [6.45, 7) is 2.87. The van der Waals surface area contributed by atoms with Gasteiger partial charge < -0.3 is 9.72 Å². The zero-order valence-electron chi connectivity index (χ0n) is 10.9. The average Bonchev–Trinajstić information content (AvgIpc) is 2.94. The molecular formula is C16H16N2O. The van der Waals surface area contributed by atoms with Gasteiger partial charge in [0.2, 0.25) is 0 Å². The van der Waals surface area contributed by atoms with E-state index in [0.29, 0.717) is 0 Å². The van der Waals surface area contributed by atoms with Gasteiger partial charge in [-0.15, -0.1) is 0 Å². The number of ether oxygens (including phenoxy) is 1. The zero-order valence-corrected chi connectivity index (χ0v) is 10.9. The van der Waals surface area contributed by atoms with Crippen LogP contribution in [0.5, 0.6) is 5.75 Å². The lowest BCUT2D eigenvalue weighted by molar-refractivity contribution is 0.317. The molecule has 1 aromatic carbocycles. The highest BCUT2D eigenvalue weighted by molar-refractivity contribution is 5.92. The molecular weight excluding hydrogens is 236 g/mol. The third-order valence-corrected chi connectivity index (χ3v) is 3.10. The third kappa shape index (κ3) is 2.32. The van der Waals surface area contributed by atoms with Crippen LogP contribution in [0.2, 0.25) is 0 Å². The van der Waals surface area contributed by atoms with Crippen molar-refractivity contribution in [3.8, 4) is 16.9 Å². The van der Waals surface area contributed by atoms with E-state index in [9.17, 15) is 0 Å². The maximum atomic E-state index is 5.60. The number of fused-ring (bicyclic) bond motifs is 1. The Bertz CT molecular complexity index is 671. The molecule has 0 saturated heterocycles. The van der Waals surface area contributed by atoms with Gasteiger partial charge >= 0.3 is 0 Å². The van der Waals surface area contributed by atoms with Crippen LogP contribution in [0, 0.1) is 0 Å². The Morgan fingerprint density at radius 1 is 1.11 bits per heavy atom. The second kappa shape index (κ2) is 5.14. The van der Waals surface area contributed by atoms with Gasteiger partial charge in [0.1, 0.15) is 11.4 Å². The van der Waals surface area contributed by atoms with Crippen LogP contribution < -0.4 is 4.74 Å². The van der Waals surface area contributed by atoms with Crippen molar-refractivity contribution in [1.82, 2.24) is 9.97 Å². The molecule has 0 radical (unpaired) electrons. The van der Waals surface area contributed by atoms with Crippen LogP contribution in [0.3, 0.4) is 0 Å². The largest absolute Gasteiger partial charge is 0.494 e. The van der Waals surface area contributed by atoms with Gasteiger partial charge in [0, 0.05) is 17.8 Å². The number of aromatic amines is 1. The molecule has 1 N–H and O–H groups in total. The van der Waals surface area contributed by atoms with Gasteiger partial charge in [0.05, 0.1) is 6.61 Å². The van der Waals surface area contributed by atoms with Crippen LogP contribution in [-0.2, 0) is 0 Å². The topological polar surface area (TPSA) is 37.9 Å². The molecule has 3 nitrogen and oxygen atoms in total. The lowest BCUT2D eigenvalue weighted by Gasteiger charge is -2.07. The highest BCUT2D eigenvalue weighted by Gasteiger charge is 2.05. The van der Waals surface area contributed by atoms with Crippen molar-refractivity contribution in [2.45, 2.75) is 13.3 Å². The summed E-state index contributed by atoms with van der Waals surface area (Å²) in [7, 11) is 0. The van der Waals surface area contributed by atoms with Crippen LogP contribution in [0.15, 0.2) is 48.8 Å². The van der Waals surface area contributed by atoms with Gasteiger partial charge in [-0.05, 0) is 41.8 Å². The Balaban J connectivity index is 1.95. The molecule has 96 valence electrons. The van der Waals surface area contributed by atoms with E-state index in [1.165, 1.54) is 11.1 Å². The Morgan fingerprint density at radius 2 is 1.95 bits per heavy atom. The number of nitrogens with zero attached hydrogens (tertiary/aromatic N) is 1. The van der Waals surface area contributed by atoms with E-state index in [-0.39, 0.29) is 0 Å². The molecule has 0 atom stereocenters. The number of hydrogen-bond acceptors (Lipinski definition) is 2. The maximum absolute atomic E-state index is 5.60. The summed E-state index contributed by atoms with van der Waals surface area (Å²) >= 11 is 0. The fraction of sp³-hybridized carbons (Fsp3) is 0.188. The van der Waals surface area contributed by atoms with Crippen LogP contribution in [0.4, 0.5) is 0 Å². The number of aromatic nitrogens is 2. The second-order valence-corrected chi connectivity index (χ2v) is 4.47. The summed E-state index contributed by atoms with van der Waals surface area (Å²) < 4.78 is 5.60. The molecule has 3 aromatic rings. The minimum absolute atomic E-state index is 0.761. The van der Waals surface area contributed by atoms with Crippen molar-refractivity contribution in [2.24, 2.45) is 0 Å². The fourth-order valence-electron chi connectivity index (χ4n) is 2.16. The predicted octanol–water partition coefficient (Wildman–Crippen LogP) is 4.02. The number of rotatable bonds is 4. The number of benzene rings is 1. The summed E-state index contributed by atoms with van der Waals surface area (Å²) in [4.78, 5) is 7.44. The molecule has 0 fully saturated rings. The SMILES string of the molecule is CCCOc1ccc(-c2ccnc3[nH]ccc23)cc1. The molecule has 0 unspecified atom stereocenters. The smallest absolute Gasteiger partial charge is 0.137 e. The molecule has 2 aromatic heterocycles. The molecule has 2 heterocycles. The first kappa shape index (κ1) is 11.8. The molecule has 0 spiro atoms. The van der Waals surface area contributed by atoms with Crippen molar-refractivity contribution in [3.63, 3.8) is 0 Å². The van der Waals surface area contributed by atoms with E-state index in [2.05, 4.69) is 35.1 Å². The van der Waals surface area contributed by atoms with Crippen molar-refractivity contribution >= 4 is 11.0 Å². The highest BCUT2D eigenvalue weighted by Crippen LogP contribution is 2.28. The van der Waals surface area contributed by atoms with E-state index in [1.807, 2.05) is 30.6 Å². The van der Waals surface area contributed by atoms with Gasteiger partial charge in [-0.1, -0.05) is 19.1 Å². The Kier molecular flexibility index (Phi) is 3.19. The number of hydrogen-bond donors (Lipinski definition) is 1. The summed E-state index contributed by atoms with van der Waals surface area (Å²) in [5.74, 6) is 0.921. The van der Waals surface area contributed by atoms with Gasteiger partial charge in [-0.2, -0.15) is 0 Å². The molecule has 0 bridgehead atoms. The minimum atomic E-state index is 0.761. The van der Waals surface area contributed by atoms with E-state index in [4.69, 9.17) is 4.74 Å². The summed E-state index contributed by atoms with van der Waals surface area (Å²) in [5, 5.41) is 1.14. The van der Waals surface area contributed by atoms with Gasteiger partial charge in [0.15, 0.2) is 0 Å². The zero-order chi connectivity index (χ0) is 13.1. The van der Waals surface area contributed by atoms with E-state index < -0.39 is 0 Å². The third-order valence-electron chi connectivity index (χ3n) is 3.10. The first-order chi connectivity index (χ1) is 9.38. The molecule has 0 saturated carbocycles. The molecule has 0 aliphatic heterocycles. The maximum Gasteiger partial charge on any atom is 0.137 e. The van der Waals surface area contributed by atoms with Crippen molar-refractivity contribution in [2.75, 3.05) is 6.61 Å². The summed E-state index contributed by atoms with van der Waals surface area (Å²) in [5.41, 5.74) is 3.29. The number of H-pyrrole nitrogens is 1. The lowest BCUT2D eigenvalue weighted by atomic mass is 10.0. The van der Waals surface area contributed by atoms with Crippen molar-refractivity contribution in [3.05, 3.63) is 48.8 Å². The van der Waals surface area contributed by atoms with Gasteiger partial charge in [-0.3, -0.25) is 0 Å². The van der Waals surface area contributed by atoms with E-state index in [1.54, 1.807) is 0 Å². The molecule has 0 aliphatic rings. The van der Waals surface area contributed by atoms with Crippen LogP contribution in [0.25, 0.3) is 22.2 Å². The Labute approximate surface area is 112 Å². The lowest BCUT2D eigenvalue weighted by Crippen LogP contribution is -1.94. The number of pyridine rings is 1. The normalized spacial score (nSPS) is 10.8. The molecule has 3 rings (SSSR count). The van der Waals surface area contributed by atoms with E-state index in [0.717, 1.165) is 29.8 Å². The van der Waals surface area contributed by atoms with Crippen molar-refractivity contribution < 1.29 is 4.74 Å². The first-order valence-electron chi connectivity index (χ1n) is 6.54. The molecule has 3 heteroatoms. The van der Waals surface area contributed by atoms with E-state index >= 15 is 0 Å². The fourth-order valence-corrected chi connectivity index (χ4v) is 2.16. The quantitative estimate of drug-likeness (QED) is 0.761. The van der Waals surface area contributed by atoms with Crippen LogP contribution in [0.1, 0.15) is 13.3 Å². The highest BCUT2D eigenvalue weighted by atomic mass is 16.5. The summed E-state index contributed by atoms with van der Waals surface area (Å²) in [6, 6.07) is 12.3. The molecule has 19 heavy (non-hydrogen) atoms. The summed E-state index contributed by atoms with van der Waals surface area (Å²) in [6.07, 6.45) is 4.77. The van der Waals surface area contributed by atoms with Gasteiger partial charge in [0.25, 0.3) is 0 Å². The average molecular weight is 252 g/mol. The van der Waals surface area contributed by atoms with Gasteiger partial charge in [-0.25, -0.2) is 4.98 Å². The second-order valence-electron chi connectivity index (χ2n) is 4.47. The standard InChI is InChI=1S/C16H16N2O/c1-2-11-19-13-5-3-12(4-6-13)14-7-9-17-16-15(14)8-10-18-16/h3-10H,2,11H2,1H3,(H,17,18). The molecule has 0 aliphatic carbocycles. The monoisotopic (exact) mass is 252 g/mol. The van der Waals surface area contributed by atoms with Crippen LogP contribution in [-0.4, -0.2) is 16.6 Å². The van der Waals surface area contributed by atoms with Crippen LogP contribution >= 0.6 is 0 Å². The number of nitrogens with one attached hydrogen (secondary N) is 1. The predicted molar refractivity (Wildman–Crippen MR) is 77.3 cm³/mol. The Hall–Kier alpha value is -2.29. The van der Waals surface area contributed by atoms with Crippen molar-refractivity contribution in [1.29, 1.82) is 0 Å².